The number of halogens is 2. The zero-order chi connectivity index (χ0) is 16.0. The van der Waals surface area contributed by atoms with Crippen LogP contribution in [0, 0.1) is 5.82 Å². The van der Waals surface area contributed by atoms with Gasteiger partial charge in [0, 0.05) is 17.3 Å². The van der Waals surface area contributed by atoms with Crippen molar-refractivity contribution < 1.29 is 9.18 Å². The summed E-state index contributed by atoms with van der Waals surface area (Å²) >= 11 is 5.96. The monoisotopic (exact) mass is 330 g/mol. The number of rotatable bonds is 2. The maximum absolute atomic E-state index is 13.7. The fourth-order valence-corrected chi connectivity index (χ4v) is 3.78. The highest BCUT2D eigenvalue weighted by molar-refractivity contribution is 6.30. The molecule has 5 heteroatoms. The van der Waals surface area contributed by atoms with Crippen molar-refractivity contribution in [2.24, 2.45) is 0 Å². The molecule has 0 aromatic heterocycles. The molecule has 23 heavy (non-hydrogen) atoms. The van der Waals surface area contributed by atoms with E-state index in [1.807, 2.05) is 18.2 Å². The Bertz CT molecular complexity index is 749. The van der Waals surface area contributed by atoms with Crippen LogP contribution in [-0.2, 0) is 4.79 Å². The molecular weight excluding hydrogens is 315 g/mol. The molecule has 4 rings (SSSR count). The van der Waals surface area contributed by atoms with E-state index in [9.17, 15) is 9.18 Å². The second-order valence-corrected chi connectivity index (χ2v) is 6.45. The Kier molecular flexibility index (Phi) is 3.58. The van der Waals surface area contributed by atoms with Crippen molar-refractivity contribution in [1.29, 1.82) is 0 Å². The van der Waals surface area contributed by atoms with Gasteiger partial charge in [-0.1, -0.05) is 23.7 Å². The maximum Gasteiger partial charge on any atom is 0.246 e. The maximum atomic E-state index is 13.7. The lowest BCUT2D eigenvalue weighted by atomic mass is 10.1. The van der Waals surface area contributed by atoms with Crippen LogP contribution in [0.5, 0.6) is 0 Å². The van der Waals surface area contributed by atoms with E-state index in [-0.39, 0.29) is 23.9 Å². The Morgan fingerprint density at radius 3 is 2.65 bits per heavy atom. The fourth-order valence-electron chi connectivity index (χ4n) is 3.65. The lowest BCUT2D eigenvalue weighted by molar-refractivity contribution is -0.119. The van der Waals surface area contributed by atoms with Crippen molar-refractivity contribution in [2.75, 3.05) is 11.4 Å². The number of nitrogens with zero attached hydrogens (tertiary/aromatic N) is 2. The summed E-state index contributed by atoms with van der Waals surface area (Å²) < 4.78 is 13.7. The van der Waals surface area contributed by atoms with Crippen LogP contribution in [0.15, 0.2) is 48.5 Å². The van der Waals surface area contributed by atoms with Crippen LogP contribution in [0.2, 0.25) is 5.02 Å². The van der Waals surface area contributed by atoms with Gasteiger partial charge in [-0.3, -0.25) is 14.6 Å². The van der Waals surface area contributed by atoms with E-state index in [1.165, 1.54) is 12.1 Å². The lowest BCUT2D eigenvalue weighted by Gasteiger charge is -2.29. The highest BCUT2D eigenvalue weighted by Gasteiger charge is 2.49. The predicted molar refractivity (Wildman–Crippen MR) is 87.8 cm³/mol. The normalized spacial score (nSPS) is 24.3. The fraction of sp³-hybridized carbons (Fsp3) is 0.278. The molecule has 2 aliphatic rings. The average Bonchev–Trinajstić information content (AvgIpc) is 3.11. The predicted octanol–water partition coefficient (Wildman–Crippen LogP) is 3.99. The van der Waals surface area contributed by atoms with Crippen LogP contribution in [0.3, 0.4) is 0 Å². The summed E-state index contributed by atoms with van der Waals surface area (Å²) in [5, 5.41) is 0.628. The summed E-state index contributed by atoms with van der Waals surface area (Å²) in [5.74, 6) is -0.201. The van der Waals surface area contributed by atoms with Crippen LogP contribution in [0.4, 0.5) is 10.1 Å². The van der Waals surface area contributed by atoms with Gasteiger partial charge in [0.2, 0.25) is 5.91 Å². The van der Waals surface area contributed by atoms with Crippen molar-refractivity contribution in [3.05, 3.63) is 64.9 Å². The van der Waals surface area contributed by atoms with E-state index in [1.54, 1.807) is 23.1 Å². The second kappa shape index (κ2) is 5.62. The minimum Gasteiger partial charge on any atom is -0.291 e. The Morgan fingerprint density at radius 1 is 1.13 bits per heavy atom. The molecule has 0 bridgehead atoms. The van der Waals surface area contributed by atoms with E-state index < -0.39 is 0 Å². The third-order valence-electron chi connectivity index (χ3n) is 4.63. The number of carbonyl (C=O) groups is 1. The number of anilines is 1. The van der Waals surface area contributed by atoms with Gasteiger partial charge in [-0.2, -0.15) is 0 Å². The molecule has 2 aliphatic heterocycles. The molecule has 1 amide bonds. The third kappa shape index (κ3) is 2.42. The van der Waals surface area contributed by atoms with Crippen molar-refractivity contribution in [1.82, 2.24) is 4.90 Å². The highest BCUT2D eigenvalue weighted by Crippen LogP contribution is 2.42. The first-order valence-electron chi connectivity index (χ1n) is 7.75. The Morgan fingerprint density at radius 2 is 1.91 bits per heavy atom. The third-order valence-corrected chi connectivity index (χ3v) is 4.88. The van der Waals surface area contributed by atoms with Crippen LogP contribution in [0.25, 0.3) is 0 Å². The molecule has 0 aliphatic carbocycles. The quantitative estimate of drug-likeness (QED) is 0.831. The van der Waals surface area contributed by atoms with Gasteiger partial charge in [-0.05, 0) is 54.8 Å². The molecule has 2 heterocycles. The van der Waals surface area contributed by atoms with E-state index >= 15 is 0 Å². The second-order valence-electron chi connectivity index (χ2n) is 6.01. The zero-order valence-electron chi connectivity index (χ0n) is 12.5. The van der Waals surface area contributed by atoms with Gasteiger partial charge in [-0.15, -0.1) is 0 Å². The van der Waals surface area contributed by atoms with Gasteiger partial charge in [0.05, 0.1) is 6.04 Å². The standard InChI is InChI=1S/C18H16ClFN2O/c19-13-6-8-15(9-7-13)22-17(12-3-1-4-14(20)11-12)21-10-2-5-16(21)18(22)23/h1,3-4,6-9,11,16-17H,2,5,10H2. The molecule has 0 saturated carbocycles. The number of fused-ring (bicyclic) bond motifs is 1. The molecule has 3 nitrogen and oxygen atoms in total. The number of hydrogen-bond donors (Lipinski definition) is 0. The molecule has 0 N–H and O–H groups in total. The number of hydrogen-bond acceptors (Lipinski definition) is 2. The average molecular weight is 331 g/mol. The van der Waals surface area contributed by atoms with Gasteiger partial charge in [-0.25, -0.2) is 4.39 Å². The summed E-state index contributed by atoms with van der Waals surface area (Å²) in [7, 11) is 0. The smallest absolute Gasteiger partial charge is 0.246 e. The summed E-state index contributed by atoms with van der Waals surface area (Å²) in [4.78, 5) is 16.8. The summed E-state index contributed by atoms with van der Waals surface area (Å²) in [6.07, 6.45) is 1.60. The lowest BCUT2D eigenvalue weighted by Crippen LogP contribution is -2.32. The Labute approximate surface area is 139 Å². The Balaban J connectivity index is 1.81. The number of benzene rings is 2. The van der Waals surface area contributed by atoms with E-state index in [0.29, 0.717) is 5.02 Å². The van der Waals surface area contributed by atoms with Crippen molar-refractivity contribution in [2.45, 2.75) is 25.0 Å². The SMILES string of the molecule is O=C1C2CCCN2C(c2cccc(F)c2)N1c1ccc(Cl)cc1. The van der Waals surface area contributed by atoms with Gasteiger partial charge in [0.25, 0.3) is 0 Å². The largest absolute Gasteiger partial charge is 0.291 e. The van der Waals surface area contributed by atoms with Gasteiger partial charge in [0.1, 0.15) is 12.0 Å². The molecule has 0 spiro atoms. The van der Waals surface area contributed by atoms with Crippen molar-refractivity contribution >= 4 is 23.2 Å². The van der Waals surface area contributed by atoms with Crippen LogP contribution >= 0.6 is 11.6 Å². The molecular formula is C18H16ClFN2O. The molecule has 2 aromatic rings. The summed E-state index contributed by atoms with van der Waals surface area (Å²) in [5.41, 5.74) is 1.60. The van der Waals surface area contributed by atoms with Gasteiger partial charge >= 0.3 is 0 Å². The van der Waals surface area contributed by atoms with Gasteiger partial charge in [0.15, 0.2) is 0 Å². The Hall–Kier alpha value is -1.91. The first-order valence-corrected chi connectivity index (χ1v) is 8.13. The summed E-state index contributed by atoms with van der Waals surface area (Å²) in [6.45, 7) is 0.849. The summed E-state index contributed by atoms with van der Waals surface area (Å²) in [6, 6.07) is 13.6. The minimum absolute atomic E-state index is 0.0825. The molecule has 2 saturated heterocycles. The van der Waals surface area contributed by atoms with Crippen LogP contribution in [0.1, 0.15) is 24.6 Å². The molecule has 2 unspecified atom stereocenters. The van der Waals surface area contributed by atoms with E-state index in [2.05, 4.69) is 4.90 Å². The topological polar surface area (TPSA) is 23.6 Å². The van der Waals surface area contributed by atoms with Crippen molar-refractivity contribution in [3.63, 3.8) is 0 Å². The number of amides is 1. The van der Waals surface area contributed by atoms with Gasteiger partial charge < -0.3 is 0 Å². The van der Waals surface area contributed by atoms with E-state index in [4.69, 9.17) is 11.6 Å². The molecule has 118 valence electrons. The molecule has 0 radical (unpaired) electrons. The number of carbonyl (C=O) groups excluding carboxylic acids is 1. The highest BCUT2D eigenvalue weighted by atomic mass is 35.5. The first kappa shape index (κ1) is 14.7. The van der Waals surface area contributed by atoms with Crippen molar-refractivity contribution in [3.8, 4) is 0 Å². The molecule has 2 aromatic carbocycles. The molecule has 2 atom stereocenters. The van der Waals surface area contributed by atoms with Crippen LogP contribution in [-0.4, -0.2) is 23.4 Å². The first-order chi connectivity index (χ1) is 11.1. The van der Waals surface area contributed by atoms with Crippen LogP contribution < -0.4 is 4.90 Å². The minimum atomic E-state index is -0.284. The zero-order valence-corrected chi connectivity index (χ0v) is 13.2. The van der Waals surface area contributed by atoms with E-state index in [0.717, 1.165) is 30.6 Å². The molecule has 2 fully saturated rings.